The third-order valence-corrected chi connectivity index (χ3v) is 4.70. The highest BCUT2D eigenvalue weighted by molar-refractivity contribution is 5.87. The summed E-state index contributed by atoms with van der Waals surface area (Å²) in [6.07, 6.45) is 1.27. The molecule has 102 valence electrons. The molecule has 1 N–H and O–H groups in total. The average Bonchev–Trinajstić information content (AvgIpc) is 2.98. The summed E-state index contributed by atoms with van der Waals surface area (Å²) in [6, 6.07) is 6.99. The molecule has 1 unspecified atom stereocenters. The van der Waals surface area contributed by atoms with Gasteiger partial charge in [-0.3, -0.25) is 0 Å². The van der Waals surface area contributed by atoms with Crippen molar-refractivity contribution < 1.29 is 0 Å². The van der Waals surface area contributed by atoms with Gasteiger partial charge in [0.05, 0.1) is 0 Å². The zero-order valence-corrected chi connectivity index (χ0v) is 12.5. The molecule has 1 fully saturated rings. The van der Waals surface area contributed by atoms with Crippen LogP contribution in [0.25, 0.3) is 10.9 Å². The van der Waals surface area contributed by atoms with Gasteiger partial charge in [-0.25, -0.2) is 0 Å². The van der Waals surface area contributed by atoms with E-state index in [9.17, 15) is 0 Å². The summed E-state index contributed by atoms with van der Waals surface area (Å²) in [6.45, 7) is 9.10. The minimum atomic E-state index is 0.597. The number of rotatable bonds is 2. The predicted molar refractivity (Wildman–Crippen MR) is 82.0 cm³/mol. The Morgan fingerprint density at radius 1 is 1.32 bits per heavy atom. The van der Waals surface area contributed by atoms with Crippen molar-refractivity contribution in [3.05, 3.63) is 35.0 Å². The molecule has 1 aliphatic rings. The van der Waals surface area contributed by atoms with Crippen molar-refractivity contribution in [3.63, 3.8) is 0 Å². The Morgan fingerprint density at radius 3 is 2.74 bits per heavy atom. The van der Waals surface area contributed by atoms with Crippen LogP contribution in [0.15, 0.2) is 18.2 Å². The number of nitrogens with one attached hydrogen (secondary N) is 1. The lowest BCUT2D eigenvalue weighted by Crippen LogP contribution is -2.08. The van der Waals surface area contributed by atoms with E-state index in [0.29, 0.717) is 11.8 Å². The Balaban J connectivity index is 2.23. The molecule has 1 aliphatic heterocycles. The normalized spacial score (nSPS) is 19.7. The largest absolute Gasteiger partial charge is 0.348 e. The van der Waals surface area contributed by atoms with Crippen molar-refractivity contribution >= 4 is 10.9 Å². The second-order valence-electron chi connectivity index (χ2n) is 6.18. The Morgan fingerprint density at radius 2 is 2.11 bits per heavy atom. The van der Waals surface area contributed by atoms with Crippen molar-refractivity contribution in [1.82, 2.24) is 9.88 Å². The SMILES string of the molecule is Cc1c(C2CCNC2)c2cc(C(C)C)ccc2n1C. The van der Waals surface area contributed by atoms with Gasteiger partial charge in [0, 0.05) is 30.2 Å². The molecule has 0 radical (unpaired) electrons. The molecule has 0 saturated carbocycles. The summed E-state index contributed by atoms with van der Waals surface area (Å²) in [5.41, 5.74) is 5.84. The van der Waals surface area contributed by atoms with Crippen LogP contribution in [0.2, 0.25) is 0 Å². The van der Waals surface area contributed by atoms with E-state index in [1.54, 1.807) is 5.56 Å². The Kier molecular flexibility index (Phi) is 3.14. The molecule has 1 saturated heterocycles. The summed E-state index contributed by atoms with van der Waals surface area (Å²) in [7, 11) is 2.19. The van der Waals surface area contributed by atoms with Gasteiger partial charge in [-0.15, -0.1) is 0 Å². The zero-order valence-electron chi connectivity index (χ0n) is 12.5. The monoisotopic (exact) mass is 256 g/mol. The lowest BCUT2D eigenvalue weighted by Gasteiger charge is -2.11. The maximum absolute atomic E-state index is 3.50. The van der Waals surface area contributed by atoms with E-state index < -0.39 is 0 Å². The predicted octanol–water partition coefficient (Wildman–Crippen LogP) is 3.69. The van der Waals surface area contributed by atoms with Crippen molar-refractivity contribution in [1.29, 1.82) is 0 Å². The molecule has 1 aromatic heterocycles. The quantitative estimate of drug-likeness (QED) is 0.867. The van der Waals surface area contributed by atoms with E-state index in [1.807, 2.05) is 0 Å². The van der Waals surface area contributed by atoms with Crippen LogP contribution in [0.3, 0.4) is 0 Å². The highest BCUT2D eigenvalue weighted by atomic mass is 15.0. The molecule has 0 spiro atoms. The second-order valence-corrected chi connectivity index (χ2v) is 6.18. The summed E-state index contributed by atoms with van der Waals surface area (Å²) in [5, 5.41) is 4.97. The van der Waals surface area contributed by atoms with Gasteiger partial charge >= 0.3 is 0 Å². The lowest BCUT2D eigenvalue weighted by atomic mass is 9.93. The Bertz CT molecular complexity index is 601. The third-order valence-electron chi connectivity index (χ3n) is 4.70. The van der Waals surface area contributed by atoms with Gasteiger partial charge in [-0.1, -0.05) is 19.9 Å². The summed E-state index contributed by atoms with van der Waals surface area (Å²) >= 11 is 0. The van der Waals surface area contributed by atoms with E-state index in [-0.39, 0.29) is 0 Å². The van der Waals surface area contributed by atoms with Gasteiger partial charge in [-0.05, 0) is 55.0 Å². The van der Waals surface area contributed by atoms with Crippen LogP contribution in [0.4, 0.5) is 0 Å². The summed E-state index contributed by atoms with van der Waals surface area (Å²) < 4.78 is 2.35. The van der Waals surface area contributed by atoms with Gasteiger partial charge in [0.2, 0.25) is 0 Å². The molecule has 3 rings (SSSR count). The molecule has 2 aromatic rings. The fourth-order valence-corrected chi connectivity index (χ4v) is 3.39. The van der Waals surface area contributed by atoms with Gasteiger partial charge in [0.1, 0.15) is 0 Å². The van der Waals surface area contributed by atoms with Crippen LogP contribution >= 0.6 is 0 Å². The first-order chi connectivity index (χ1) is 9.09. The second kappa shape index (κ2) is 4.68. The van der Waals surface area contributed by atoms with Crippen molar-refractivity contribution in [2.45, 2.75) is 39.0 Å². The highest BCUT2D eigenvalue weighted by Crippen LogP contribution is 2.35. The highest BCUT2D eigenvalue weighted by Gasteiger charge is 2.23. The number of aromatic nitrogens is 1. The number of fused-ring (bicyclic) bond motifs is 1. The fraction of sp³-hybridized carbons (Fsp3) is 0.529. The van der Waals surface area contributed by atoms with Crippen LogP contribution in [0, 0.1) is 6.92 Å². The summed E-state index contributed by atoms with van der Waals surface area (Å²) in [5.74, 6) is 1.28. The van der Waals surface area contributed by atoms with Crippen LogP contribution in [-0.4, -0.2) is 17.7 Å². The van der Waals surface area contributed by atoms with Gasteiger partial charge < -0.3 is 9.88 Å². The first kappa shape index (κ1) is 12.7. The van der Waals surface area contributed by atoms with Gasteiger partial charge in [-0.2, -0.15) is 0 Å². The number of nitrogens with zero attached hydrogens (tertiary/aromatic N) is 1. The maximum Gasteiger partial charge on any atom is 0.0482 e. The zero-order chi connectivity index (χ0) is 13.6. The molecule has 2 nitrogen and oxygen atoms in total. The van der Waals surface area contributed by atoms with E-state index in [1.165, 1.54) is 28.6 Å². The average molecular weight is 256 g/mol. The molecule has 2 heterocycles. The Hall–Kier alpha value is -1.28. The van der Waals surface area contributed by atoms with Crippen LogP contribution < -0.4 is 5.32 Å². The lowest BCUT2D eigenvalue weighted by molar-refractivity contribution is 0.751. The van der Waals surface area contributed by atoms with Crippen LogP contribution in [-0.2, 0) is 7.05 Å². The van der Waals surface area contributed by atoms with Crippen LogP contribution in [0.5, 0.6) is 0 Å². The van der Waals surface area contributed by atoms with E-state index in [4.69, 9.17) is 0 Å². The fourth-order valence-electron chi connectivity index (χ4n) is 3.39. The maximum atomic E-state index is 3.50. The van der Waals surface area contributed by atoms with Crippen molar-refractivity contribution in [3.8, 4) is 0 Å². The van der Waals surface area contributed by atoms with E-state index in [0.717, 1.165) is 13.1 Å². The Labute approximate surface area is 115 Å². The molecule has 0 amide bonds. The smallest absolute Gasteiger partial charge is 0.0482 e. The molecule has 19 heavy (non-hydrogen) atoms. The third kappa shape index (κ3) is 1.99. The van der Waals surface area contributed by atoms with Crippen LogP contribution in [0.1, 0.15) is 48.9 Å². The topological polar surface area (TPSA) is 17.0 Å². The number of hydrogen-bond donors (Lipinski definition) is 1. The van der Waals surface area contributed by atoms with Crippen molar-refractivity contribution in [2.75, 3.05) is 13.1 Å². The number of benzene rings is 1. The molecule has 0 bridgehead atoms. The number of hydrogen-bond acceptors (Lipinski definition) is 1. The molecule has 0 aliphatic carbocycles. The number of aryl methyl sites for hydroxylation is 1. The molecule has 1 atom stereocenters. The first-order valence-corrected chi connectivity index (χ1v) is 7.39. The molecule has 2 heteroatoms. The van der Waals surface area contributed by atoms with E-state index in [2.05, 4.69) is 55.9 Å². The minimum Gasteiger partial charge on any atom is -0.348 e. The van der Waals surface area contributed by atoms with Gasteiger partial charge in [0.25, 0.3) is 0 Å². The van der Waals surface area contributed by atoms with Gasteiger partial charge in [0.15, 0.2) is 0 Å². The standard InChI is InChI=1S/C17H24N2/c1-11(2)13-5-6-16-15(9-13)17(12(3)19(16)4)14-7-8-18-10-14/h5-6,9,11,14,18H,7-8,10H2,1-4H3. The molecular formula is C17H24N2. The van der Waals surface area contributed by atoms with E-state index >= 15 is 0 Å². The van der Waals surface area contributed by atoms with Crippen molar-refractivity contribution in [2.24, 2.45) is 7.05 Å². The minimum absolute atomic E-state index is 0.597. The summed E-state index contributed by atoms with van der Waals surface area (Å²) in [4.78, 5) is 0. The first-order valence-electron chi connectivity index (χ1n) is 7.39. The molecule has 1 aromatic carbocycles. The molecular weight excluding hydrogens is 232 g/mol.